The fraction of sp³-hybridized carbons (Fsp3) is 0.286. The smallest absolute Gasteiger partial charge is 0.258 e. The molecule has 0 radical (unpaired) electrons. The number of carbonyl (C=O) groups excluding carboxylic acids is 2. The Morgan fingerprint density at radius 3 is 1.84 bits per heavy atom. The van der Waals surface area contributed by atoms with E-state index in [9.17, 15) is 14.0 Å². The Morgan fingerprint density at radius 1 is 0.744 bits per heavy atom. The van der Waals surface area contributed by atoms with Gasteiger partial charge in [-0.2, -0.15) is 0 Å². The molecule has 0 spiro atoms. The zero-order valence-electron chi connectivity index (χ0n) is 24.2. The average molecular weight is 597 g/mol. The summed E-state index contributed by atoms with van der Waals surface area (Å²) in [6.07, 6.45) is 1.60. The van der Waals surface area contributed by atoms with Gasteiger partial charge in [0.2, 0.25) is 0 Å². The van der Waals surface area contributed by atoms with Gasteiger partial charge in [0, 0.05) is 62.0 Å². The number of halogens is 2. The molecule has 0 N–H and O–H groups in total. The first-order valence-corrected chi connectivity index (χ1v) is 15.2. The Hall–Kier alpha value is -4.07. The number of pyridine rings is 1. The van der Waals surface area contributed by atoms with Gasteiger partial charge >= 0.3 is 0 Å². The molecule has 0 unspecified atom stereocenters. The van der Waals surface area contributed by atoms with Gasteiger partial charge in [-0.05, 0) is 43.5 Å². The molecule has 2 saturated heterocycles. The van der Waals surface area contributed by atoms with Crippen LogP contribution in [0.15, 0.2) is 84.9 Å². The summed E-state index contributed by atoms with van der Waals surface area (Å²) in [6, 6.07) is 27.2. The van der Waals surface area contributed by atoms with Crippen LogP contribution in [0, 0.1) is 12.7 Å². The third-order valence-corrected chi connectivity index (χ3v) is 8.89. The Kier molecular flexibility index (Phi) is 8.54. The van der Waals surface area contributed by atoms with E-state index < -0.39 is 5.82 Å². The second kappa shape index (κ2) is 12.7. The SMILES string of the molecule is Cc1ccc(Cl)c(C(=O)N2CCC(N3CCN(C(=O)c4cc(-c5ccccc5)nc(-c5ccccc5)c4)CC3)CC2)c1F. The minimum absolute atomic E-state index is 0.00823. The van der Waals surface area contributed by atoms with Crippen molar-refractivity contribution in [3.8, 4) is 22.5 Å². The Bertz CT molecular complexity index is 1560. The van der Waals surface area contributed by atoms with Gasteiger partial charge in [-0.1, -0.05) is 78.3 Å². The van der Waals surface area contributed by atoms with E-state index in [0.29, 0.717) is 43.3 Å². The normalized spacial score (nSPS) is 16.3. The van der Waals surface area contributed by atoms with Crippen LogP contribution in [-0.2, 0) is 0 Å². The van der Waals surface area contributed by atoms with Crippen molar-refractivity contribution in [2.75, 3.05) is 39.3 Å². The highest BCUT2D eigenvalue weighted by Crippen LogP contribution is 2.28. The van der Waals surface area contributed by atoms with Gasteiger partial charge in [0.15, 0.2) is 0 Å². The summed E-state index contributed by atoms with van der Waals surface area (Å²) in [6.45, 7) is 5.53. The van der Waals surface area contributed by atoms with Crippen LogP contribution in [0.25, 0.3) is 22.5 Å². The van der Waals surface area contributed by atoms with Crippen LogP contribution in [0.1, 0.15) is 39.1 Å². The van der Waals surface area contributed by atoms with Gasteiger partial charge in [0.05, 0.1) is 22.0 Å². The number of hydrogen-bond donors (Lipinski definition) is 0. The van der Waals surface area contributed by atoms with E-state index in [1.807, 2.05) is 77.7 Å². The van der Waals surface area contributed by atoms with Crippen LogP contribution in [0.2, 0.25) is 5.02 Å². The van der Waals surface area contributed by atoms with Gasteiger partial charge in [-0.15, -0.1) is 0 Å². The van der Waals surface area contributed by atoms with Gasteiger partial charge in [0.1, 0.15) is 5.82 Å². The highest BCUT2D eigenvalue weighted by molar-refractivity contribution is 6.33. The van der Waals surface area contributed by atoms with Crippen LogP contribution < -0.4 is 0 Å². The highest BCUT2D eigenvalue weighted by Gasteiger charge is 2.32. The fourth-order valence-electron chi connectivity index (χ4n) is 6.09. The summed E-state index contributed by atoms with van der Waals surface area (Å²) in [5.74, 6) is -0.877. The van der Waals surface area contributed by atoms with Crippen molar-refractivity contribution in [2.45, 2.75) is 25.8 Å². The number of carbonyl (C=O) groups is 2. The molecule has 8 heteroatoms. The monoisotopic (exact) mass is 596 g/mol. The molecular weight excluding hydrogens is 563 g/mol. The number of likely N-dealkylation sites (tertiary alicyclic amines) is 1. The number of aromatic nitrogens is 1. The van der Waals surface area contributed by atoms with Crippen molar-refractivity contribution in [2.24, 2.45) is 0 Å². The lowest BCUT2D eigenvalue weighted by Crippen LogP contribution is -2.54. The molecule has 43 heavy (non-hydrogen) atoms. The molecule has 4 aromatic rings. The van der Waals surface area contributed by atoms with E-state index in [1.165, 1.54) is 0 Å². The van der Waals surface area contributed by atoms with Crippen molar-refractivity contribution in [3.63, 3.8) is 0 Å². The van der Waals surface area contributed by atoms with Crippen molar-refractivity contribution >= 4 is 23.4 Å². The lowest BCUT2D eigenvalue weighted by Gasteiger charge is -2.42. The van der Waals surface area contributed by atoms with Gasteiger partial charge in [-0.3, -0.25) is 14.5 Å². The highest BCUT2D eigenvalue weighted by atomic mass is 35.5. The first-order chi connectivity index (χ1) is 20.9. The summed E-state index contributed by atoms with van der Waals surface area (Å²) in [7, 11) is 0. The first-order valence-electron chi connectivity index (χ1n) is 14.8. The standard InChI is InChI=1S/C35H34ClFN4O2/c1-24-12-13-29(36)32(33(24)37)35(43)40-16-14-28(15-17-40)39-18-20-41(21-19-39)34(42)27-22-30(25-8-4-2-5-9-25)38-31(23-27)26-10-6-3-7-11-26/h2-13,22-23,28H,14-21H2,1H3. The number of hydrogen-bond acceptors (Lipinski definition) is 4. The number of aryl methyl sites for hydroxylation is 1. The molecule has 2 aliphatic rings. The van der Waals surface area contributed by atoms with Crippen molar-refractivity contribution in [3.05, 3.63) is 112 Å². The predicted molar refractivity (Wildman–Crippen MR) is 168 cm³/mol. The van der Waals surface area contributed by atoms with Crippen LogP contribution in [-0.4, -0.2) is 76.8 Å². The van der Waals surface area contributed by atoms with E-state index in [1.54, 1.807) is 24.0 Å². The molecule has 6 nitrogen and oxygen atoms in total. The number of piperidine rings is 1. The molecule has 1 aromatic heterocycles. The largest absolute Gasteiger partial charge is 0.338 e. The first kappa shape index (κ1) is 29.0. The summed E-state index contributed by atoms with van der Waals surface area (Å²) in [5, 5.41) is 0.150. The number of benzene rings is 3. The van der Waals surface area contributed by atoms with Gasteiger partial charge in [-0.25, -0.2) is 9.37 Å². The van der Waals surface area contributed by atoms with E-state index in [2.05, 4.69) is 4.90 Å². The lowest BCUT2D eigenvalue weighted by molar-refractivity contribution is 0.0410. The summed E-state index contributed by atoms with van der Waals surface area (Å²) in [4.78, 5) is 37.8. The van der Waals surface area contributed by atoms with Gasteiger partial charge in [0.25, 0.3) is 11.8 Å². The van der Waals surface area contributed by atoms with Crippen LogP contribution in [0.4, 0.5) is 4.39 Å². The molecule has 6 rings (SSSR count). The molecule has 0 aliphatic carbocycles. The zero-order valence-corrected chi connectivity index (χ0v) is 24.9. The Morgan fingerprint density at radius 2 is 1.28 bits per heavy atom. The molecule has 0 bridgehead atoms. The van der Waals surface area contributed by atoms with Crippen molar-refractivity contribution in [1.29, 1.82) is 0 Å². The molecule has 220 valence electrons. The summed E-state index contributed by atoms with van der Waals surface area (Å²) >= 11 is 6.20. The summed E-state index contributed by atoms with van der Waals surface area (Å²) in [5.41, 5.74) is 4.50. The van der Waals surface area contributed by atoms with Crippen molar-refractivity contribution in [1.82, 2.24) is 19.7 Å². The minimum Gasteiger partial charge on any atom is -0.338 e. The van der Waals surface area contributed by atoms with E-state index in [4.69, 9.17) is 16.6 Å². The maximum atomic E-state index is 14.7. The second-order valence-electron chi connectivity index (χ2n) is 11.3. The van der Waals surface area contributed by atoms with Crippen LogP contribution >= 0.6 is 11.6 Å². The van der Waals surface area contributed by atoms with Crippen LogP contribution in [0.3, 0.4) is 0 Å². The molecule has 3 heterocycles. The average Bonchev–Trinajstić information content (AvgIpc) is 3.07. The predicted octanol–water partition coefficient (Wildman–Crippen LogP) is 6.58. The van der Waals surface area contributed by atoms with E-state index in [-0.39, 0.29) is 22.4 Å². The fourth-order valence-corrected chi connectivity index (χ4v) is 6.31. The number of amides is 2. The quantitative estimate of drug-likeness (QED) is 0.261. The summed E-state index contributed by atoms with van der Waals surface area (Å²) < 4.78 is 14.7. The molecule has 2 aliphatic heterocycles. The topological polar surface area (TPSA) is 56.8 Å². The Labute approximate surface area is 256 Å². The molecule has 0 saturated carbocycles. The number of rotatable bonds is 5. The third kappa shape index (κ3) is 6.19. The molecule has 2 fully saturated rings. The third-order valence-electron chi connectivity index (χ3n) is 8.58. The molecule has 2 amide bonds. The molecule has 3 aromatic carbocycles. The van der Waals surface area contributed by atoms with Gasteiger partial charge < -0.3 is 9.80 Å². The van der Waals surface area contributed by atoms with E-state index in [0.717, 1.165) is 48.4 Å². The minimum atomic E-state index is -0.540. The molecular formula is C35H34ClFN4O2. The Balaban J connectivity index is 1.10. The zero-order chi connectivity index (χ0) is 29.9. The van der Waals surface area contributed by atoms with Crippen molar-refractivity contribution < 1.29 is 14.0 Å². The maximum absolute atomic E-state index is 14.7. The number of nitrogens with zero attached hydrogens (tertiary/aromatic N) is 4. The van der Waals surface area contributed by atoms with E-state index >= 15 is 0 Å². The molecule has 0 atom stereocenters. The maximum Gasteiger partial charge on any atom is 0.258 e. The van der Waals surface area contributed by atoms with Crippen LogP contribution in [0.5, 0.6) is 0 Å². The second-order valence-corrected chi connectivity index (χ2v) is 11.7. The number of piperazine rings is 1. The lowest BCUT2D eigenvalue weighted by atomic mass is 10.0.